The van der Waals surface area contributed by atoms with Crippen molar-refractivity contribution in [2.75, 3.05) is 7.05 Å². The number of hydrogen-bond donors (Lipinski definition) is 1. The predicted octanol–water partition coefficient (Wildman–Crippen LogP) is 2.25. The fourth-order valence-electron chi connectivity index (χ4n) is 1.35. The number of rotatable bonds is 2. The average Bonchev–Trinajstić information content (AvgIpc) is 2.09. The molecule has 0 bridgehead atoms. The van der Waals surface area contributed by atoms with Crippen LogP contribution in [0.25, 0.3) is 0 Å². The van der Waals surface area contributed by atoms with E-state index in [1.807, 2.05) is 14.0 Å². The maximum atomic E-state index is 4.16. The quantitative estimate of drug-likeness (QED) is 0.542. The molecule has 0 heterocycles. The summed E-state index contributed by atoms with van der Waals surface area (Å²) < 4.78 is 0. The largest absolute Gasteiger partial charge is 0.313 e. The molecule has 0 spiro atoms. The summed E-state index contributed by atoms with van der Waals surface area (Å²) in [5.74, 6) is 0. The van der Waals surface area contributed by atoms with Crippen LogP contribution in [0.15, 0.2) is 23.3 Å². The highest BCUT2D eigenvalue weighted by Crippen LogP contribution is 2.11. The van der Waals surface area contributed by atoms with Gasteiger partial charge in [0.15, 0.2) is 0 Å². The third kappa shape index (κ3) is 2.31. The van der Waals surface area contributed by atoms with E-state index < -0.39 is 0 Å². The van der Waals surface area contributed by atoms with E-state index in [1.165, 1.54) is 16.7 Å². The Labute approximate surface area is 79.7 Å². The summed E-state index contributed by atoms with van der Waals surface area (Å²) >= 11 is 0. The third-order valence-electron chi connectivity index (χ3n) is 2.06. The third-order valence-corrected chi connectivity index (χ3v) is 2.06. The summed E-state index contributed by atoms with van der Waals surface area (Å²) in [6.45, 7) is 6.21. The standard InChI is InChI=1S/C11H16N2/c1-8-5-6-9(2)11(7-8)10(3)13-12-4/h5-7,12H,1-4H3/b13-10-. The van der Waals surface area contributed by atoms with Gasteiger partial charge in [0.1, 0.15) is 0 Å². The van der Waals surface area contributed by atoms with Crippen LogP contribution in [0, 0.1) is 13.8 Å². The zero-order valence-electron chi connectivity index (χ0n) is 8.68. The molecule has 0 amide bonds. The van der Waals surface area contributed by atoms with Crippen molar-refractivity contribution in [3.8, 4) is 0 Å². The smallest absolute Gasteiger partial charge is 0.0646 e. The molecule has 0 aromatic heterocycles. The van der Waals surface area contributed by atoms with Gasteiger partial charge in [0, 0.05) is 12.6 Å². The molecule has 2 nitrogen and oxygen atoms in total. The molecule has 0 fully saturated rings. The van der Waals surface area contributed by atoms with Crippen molar-refractivity contribution < 1.29 is 0 Å². The lowest BCUT2D eigenvalue weighted by molar-refractivity contribution is 0.899. The number of benzene rings is 1. The molecule has 0 aliphatic heterocycles. The summed E-state index contributed by atoms with van der Waals surface area (Å²) in [4.78, 5) is 0. The maximum absolute atomic E-state index is 4.16. The van der Waals surface area contributed by atoms with E-state index in [-0.39, 0.29) is 0 Å². The molecule has 0 atom stereocenters. The molecule has 0 saturated heterocycles. The van der Waals surface area contributed by atoms with Crippen molar-refractivity contribution >= 4 is 5.71 Å². The van der Waals surface area contributed by atoms with Crippen molar-refractivity contribution in [2.24, 2.45) is 5.10 Å². The van der Waals surface area contributed by atoms with Gasteiger partial charge >= 0.3 is 0 Å². The Balaban J connectivity index is 3.13. The molecular formula is C11H16N2. The summed E-state index contributed by atoms with van der Waals surface area (Å²) in [7, 11) is 1.81. The van der Waals surface area contributed by atoms with Crippen LogP contribution >= 0.6 is 0 Å². The van der Waals surface area contributed by atoms with Crippen LogP contribution in [0.2, 0.25) is 0 Å². The molecular weight excluding hydrogens is 160 g/mol. The summed E-state index contributed by atoms with van der Waals surface area (Å²) in [6, 6.07) is 6.40. The van der Waals surface area contributed by atoms with E-state index in [1.54, 1.807) is 0 Å². The Morgan fingerprint density at radius 1 is 1.31 bits per heavy atom. The average molecular weight is 176 g/mol. The van der Waals surface area contributed by atoms with Crippen molar-refractivity contribution in [1.29, 1.82) is 0 Å². The molecule has 1 rings (SSSR count). The topological polar surface area (TPSA) is 24.4 Å². The Morgan fingerprint density at radius 3 is 2.62 bits per heavy atom. The van der Waals surface area contributed by atoms with Crippen LogP contribution in [0.5, 0.6) is 0 Å². The van der Waals surface area contributed by atoms with Crippen LogP contribution in [0.1, 0.15) is 23.6 Å². The zero-order chi connectivity index (χ0) is 9.84. The first-order valence-electron chi connectivity index (χ1n) is 4.44. The number of nitrogens with one attached hydrogen (secondary N) is 1. The minimum Gasteiger partial charge on any atom is -0.313 e. The molecule has 0 radical (unpaired) electrons. The molecule has 1 aromatic rings. The Morgan fingerprint density at radius 2 is 2.00 bits per heavy atom. The first kappa shape index (κ1) is 9.78. The van der Waals surface area contributed by atoms with Crippen molar-refractivity contribution in [3.05, 3.63) is 34.9 Å². The van der Waals surface area contributed by atoms with Gasteiger partial charge in [0.05, 0.1) is 5.71 Å². The molecule has 1 N–H and O–H groups in total. The summed E-state index contributed by atoms with van der Waals surface area (Å²) in [5, 5.41) is 4.16. The number of hydrazone groups is 1. The number of hydrogen-bond acceptors (Lipinski definition) is 2. The second kappa shape index (κ2) is 4.08. The first-order chi connectivity index (χ1) is 6.15. The van der Waals surface area contributed by atoms with E-state index in [2.05, 4.69) is 42.6 Å². The minimum absolute atomic E-state index is 1.03. The first-order valence-corrected chi connectivity index (χ1v) is 4.44. The minimum atomic E-state index is 1.03. The van der Waals surface area contributed by atoms with Gasteiger partial charge in [0.2, 0.25) is 0 Å². The lowest BCUT2D eigenvalue weighted by Gasteiger charge is -2.06. The van der Waals surface area contributed by atoms with Crippen LogP contribution in [0.3, 0.4) is 0 Å². The monoisotopic (exact) mass is 176 g/mol. The summed E-state index contributed by atoms with van der Waals surface area (Å²) in [6.07, 6.45) is 0. The van der Waals surface area contributed by atoms with Crippen molar-refractivity contribution in [3.63, 3.8) is 0 Å². The van der Waals surface area contributed by atoms with E-state index in [0.717, 1.165) is 5.71 Å². The van der Waals surface area contributed by atoms with Crippen LogP contribution in [-0.4, -0.2) is 12.8 Å². The van der Waals surface area contributed by atoms with Gasteiger partial charge in [-0.3, -0.25) is 0 Å². The highest BCUT2D eigenvalue weighted by molar-refractivity contribution is 5.99. The molecule has 0 aliphatic rings. The van der Waals surface area contributed by atoms with Crippen LogP contribution in [-0.2, 0) is 0 Å². The number of nitrogens with zero attached hydrogens (tertiary/aromatic N) is 1. The van der Waals surface area contributed by atoms with Crippen LogP contribution in [0.4, 0.5) is 0 Å². The van der Waals surface area contributed by atoms with Gasteiger partial charge in [-0.2, -0.15) is 5.10 Å². The van der Waals surface area contributed by atoms with Crippen molar-refractivity contribution in [2.45, 2.75) is 20.8 Å². The van der Waals surface area contributed by atoms with Gasteiger partial charge in [0.25, 0.3) is 0 Å². The Hall–Kier alpha value is -1.31. The molecule has 2 heteroatoms. The lowest BCUT2D eigenvalue weighted by atomic mass is 10.0. The predicted molar refractivity (Wildman–Crippen MR) is 57.2 cm³/mol. The Bertz CT molecular complexity index is 327. The Kier molecular flexibility index (Phi) is 3.07. The fraction of sp³-hybridized carbons (Fsp3) is 0.364. The van der Waals surface area contributed by atoms with Gasteiger partial charge in [-0.1, -0.05) is 17.7 Å². The fourth-order valence-corrected chi connectivity index (χ4v) is 1.35. The normalized spacial score (nSPS) is 11.5. The second-order valence-electron chi connectivity index (χ2n) is 3.24. The molecule has 1 aromatic carbocycles. The maximum Gasteiger partial charge on any atom is 0.0646 e. The van der Waals surface area contributed by atoms with E-state index >= 15 is 0 Å². The van der Waals surface area contributed by atoms with E-state index in [9.17, 15) is 0 Å². The molecule has 0 aliphatic carbocycles. The zero-order valence-corrected chi connectivity index (χ0v) is 8.68. The SMILES string of the molecule is CN/N=C(/C)c1cc(C)ccc1C. The molecule has 13 heavy (non-hydrogen) atoms. The van der Waals surface area contributed by atoms with Gasteiger partial charge in [-0.05, 0) is 32.4 Å². The molecule has 0 saturated carbocycles. The molecule has 70 valence electrons. The lowest BCUT2D eigenvalue weighted by Crippen LogP contribution is -2.05. The second-order valence-corrected chi connectivity index (χ2v) is 3.24. The number of aryl methyl sites for hydroxylation is 2. The summed E-state index contributed by atoms with van der Waals surface area (Å²) in [5.41, 5.74) is 7.58. The van der Waals surface area contributed by atoms with Crippen LogP contribution < -0.4 is 5.43 Å². The molecule has 0 unspecified atom stereocenters. The van der Waals surface area contributed by atoms with E-state index in [4.69, 9.17) is 0 Å². The van der Waals surface area contributed by atoms with Gasteiger partial charge in [-0.25, -0.2) is 0 Å². The van der Waals surface area contributed by atoms with Gasteiger partial charge < -0.3 is 5.43 Å². The highest BCUT2D eigenvalue weighted by atomic mass is 15.3. The van der Waals surface area contributed by atoms with Gasteiger partial charge in [-0.15, -0.1) is 0 Å². The highest BCUT2D eigenvalue weighted by Gasteiger charge is 2.01. The van der Waals surface area contributed by atoms with Crippen molar-refractivity contribution in [1.82, 2.24) is 5.43 Å². The van der Waals surface area contributed by atoms with E-state index in [0.29, 0.717) is 0 Å².